The third kappa shape index (κ3) is 2.63. The highest BCUT2D eigenvalue weighted by molar-refractivity contribution is 9.10. The van der Waals surface area contributed by atoms with E-state index in [1.165, 1.54) is 0 Å². The first-order chi connectivity index (χ1) is 8.08. The quantitative estimate of drug-likeness (QED) is 0.942. The molecule has 6 heteroatoms. The minimum Gasteiger partial charge on any atom is -0.381 e. The van der Waals surface area contributed by atoms with E-state index in [2.05, 4.69) is 45.1 Å². The van der Waals surface area contributed by atoms with E-state index in [1.54, 1.807) is 6.20 Å². The van der Waals surface area contributed by atoms with Gasteiger partial charge in [-0.05, 0) is 33.5 Å². The fourth-order valence-corrected chi connectivity index (χ4v) is 2.17. The van der Waals surface area contributed by atoms with Crippen LogP contribution in [0.4, 0.5) is 5.82 Å². The van der Waals surface area contributed by atoms with Gasteiger partial charge in [0, 0.05) is 16.9 Å². The summed E-state index contributed by atoms with van der Waals surface area (Å²) in [4.78, 5) is 4.12. The van der Waals surface area contributed by atoms with E-state index in [0.717, 1.165) is 15.7 Å². The standard InChI is InChI=1S/C11H14BrN5/c1-7(2)10-11(13)15-16-17(10)6-8-3-9(12)5-14-4-8/h3-5,7H,6,13H2,1-2H3. The molecule has 17 heavy (non-hydrogen) atoms. The van der Waals surface area contributed by atoms with Crippen molar-refractivity contribution in [2.45, 2.75) is 26.3 Å². The number of nitrogens with zero attached hydrogens (tertiary/aromatic N) is 4. The molecule has 0 aliphatic carbocycles. The Morgan fingerprint density at radius 1 is 1.41 bits per heavy atom. The first kappa shape index (κ1) is 12.0. The van der Waals surface area contributed by atoms with Crippen LogP contribution >= 0.6 is 15.9 Å². The number of anilines is 1. The fourth-order valence-electron chi connectivity index (χ4n) is 1.76. The van der Waals surface area contributed by atoms with Gasteiger partial charge in [-0.15, -0.1) is 5.10 Å². The molecule has 0 saturated heterocycles. The highest BCUT2D eigenvalue weighted by Crippen LogP contribution is 2.20. The monoisotopic (exact) mass is 295 g/mol. The molecular formula is C11H14BrN5. The lowest BCUT2D eigenvalue weighted by molar-refractivity contribution is 0.597. The molecule has 0 bridgehead atoms. The Morgan fingerprint density at radius 2 is 2.18 bits per heavy atom. The van der Waals surface area contributed by atoms with Crippen molar-refractivity contribution in [3.05, 3.63) is 34.2 Å². The van der Waals surface area contributed by atoms with Crippen molar-refractivity contribution in [1.82, 2.24) is 20.0 Å². The Bertz CT molecular complexity index is 520. The zero-order valence-electron chi connectivity index (χ0n) is 9.76. The van der Waals surface area contributed by atoms with Crippen molar-refractivity contribution in [3.8, 4) is 0 Å². The van der Waals surface area contributed by atoms with Gasteiger partial charge in [0.15, 0.2) is 5.82 Å². The number of hydrogen-bond donors (Lipinski definition) is 1. The van der Waals surface area contributed by atoms with E-state index in [-0.39, 0.29) is 0 Å². The zero-order chi connectivity index (χ0) is 12.4. The molecule has 0 aliphatic rings. The number of aromatic nitrogens is 4. The Labute approximate surface area is 108 Å². The van der Waals surface area contributed by atoms with Crippen LogP contribution in [0.5, 0.6) is 0 Å². The molecule has 90 valence electrons. The van der Waals surface area contributed by atoms with Crippen molar-refractivity contribution in [2.75, 3.05) is 5.73 Å². The SMILES string of the molecule is CC(C)c1c(N)nnn1Cc1cncc(Br)c1. The average molecular weight is 296 g/mol. The molecule has 2 N–H and O–H groups in total. The normalized spacial score (nSPS) is 11.1. The van der Waals surface area contributed by atoms with Crippen LogP contribution in [-0.2, 0) is 6.54 Å². The lowest BCUT2D eigenvalue weighted by atomic mass is 10.1. The van der Waals surface area contributed by atoms with Crippen LogP contribution in [0.1, 0.15) is 31.0 Å². The maximum Gasteiger partial charge on any atom is 0.169 e. The molecule has 0 spiro atoms. The molecule has 0 unspecified atom stereocenters. The van der Waals surface area contributed by atoms with Gasteiger partial charge in [-0.25, -0.2) is 4.68 Å². The molecular weight excluding hydrogens is 282 g/mol. The average Bonchev–Trinajstić information content (AvgIpc) is 2.59. The van der Waals surface area contributed by atoms with Crippen molar-refractivity contribution in [2.24, 2.45) is 0 Å². The van der Waals surface area contributed by atoms with E-state index >= 15 is 0 Å². The van der Waals surface area contributed by atoms with Gasteiger partial charge in [-0.3, -0.25) is 4.98 Å². The fraction of sp³-hybridized carbons (Fsp3) is 0.364. The number of rotatable bonds is 3. The summed E-state index contributed by atoms with van der Waals surface area (Å²) in [7, 11) is 0. The predicted octanol–water partition coefficient (Wildman–Crippen LogP) is 2.19. The lowest BCUT2D eigenvalue weighted by Crippen LogP contribution is -2.09. The minimum absolute atomic E-state index is 0.296. The molecule has 2 rings (SSSR count). The second kappa shape index (κ2) is 4.83. The Morgan fingerprint density at radius 3 is 2.82 bits per heavy atom. The van der Waals surface area contributed by atoms with Gasteiger partial charge in [0.05, 0.1) is 12.2 Å². The molecule has 5 nitrogen and oxygen atoms in total. The maximum atomic E-state index is 5.81. The van der Waals surface area contributed by atoms with Crippen molar-refractivity contribution < 1.29 is 0 Å². The molecule has 0 aliphatic heterocycles. The number of nitrogens with two attached hydrogens (primary N) is 1. The highest BCUT2D eigenvalue weighted by atomic mass is 79.9. The van der Waals surface area contributed by atoms with Gasteiger partial charge in [0.2, 0.25) is 0 Å². The predicted molar refractivity (Wildman–Crippen MR) is 69.6 cm³/mol. The number of hydrogen-bond acceptors (Lipinski definition) is 4. The molecule has 0 atom stereocenters. The molecule has 0 amide bonds. The third-order valence-corrected chi connectivity index (χ3v) is 2.88. The van der Waals surface area contributed by atoms with Gasteiger partial charge in [0.1, 0.15) is 0 Å². The van der Waals surface area contributed by atoms with Crippen LogP contribution in [0, 0.1) is 0 Å². The van der Waals surface area contributed by atoms with Gasteiger partial charge in [0.25, 0.3) is 0 Å². The number of halogens is 1. The van der Waals surface area contributed by atoms with Gasteiger partial charge >= 0.3 is 0 Å². The summed E-state index contributed by atoms with van der Waals surface area (Å²) in [6.45, 7) is 4.78. The second-order valence-corrected chi connectivity index (χ2v) is 5.10. The number of pyridine rings is 1. The van der Waals surface area contributed by atoms with Crippen LogP contribution in [0.15, 0.2) is 22.9 Å². The second-order valence-electron chi connectivity index (χ2n) is 4.18. The van der Waals surface area contributed by atoms with Crippen molar-refractivity contribution in [3.63, 3.8) is 0 Å². The van der Waals surface area contributed by atoms with E-state index in [0.29, 0.717) is 18.3 Å². The van der Waals surface area contributed by atoms with E-state index in [1.807, 2.05) is 16.9 Å². The van der Waals surface area contributed by atoms with E-state index < -0.39 is 0 Å². The van der Waals surface area contributed by atoms with Crippen LogP contribution in [0.25, 0.3) is 0 Å². The summed E-state index contributed by atoms with van der Waals surface area (Å²) in [6, 6.07) is 2.01. The molecule has 0 fully saturated rings. The Kier molecular flexibility index (Phi) is 3.42. The topological polar surface area (TPSA) is 69.6 Å². The van der Waals surface area contributed by atoms with Gasteiger partial charge in [-0.1, -0.05) is 19.1 Å². The van der Waals surface area contributed by atoms with Gasteiger partial charge < -0.3 is 5.73 Å². The Hall–Kier alpha value is -1.43. The van der Waals surface area contributed by atoms with Crippen molar-refractivity contribution >= 4 is 21.7 Å². The van der Waals surface area contributed by atoms with Crippen LogP contribution in [0.3, 0.4) is 0 Å². The maximum absolute atomic E-state index is 5.81. The number of nitrogen functional groups attached to an aromatic ring is 1. The van der Waals surface area contributed by atoms with Crippen molar-refractivity contribution in [1.29, 1.82) is 0 Å². The molecule has 2 aromatic heterocycles. The summed E-state index contributed by atoms with van der Waals surface area (Å²) in [6.07, 6.45) is 3.56. The summed E-state index contributed by atoms with van der Waals surface area (Å²) in [5.41, 5.74) is 7.83. The van der Waals surface area contributed by atoms with E-state index in [9.17, 15) is 0 Å². The lowest BCUT2D eigenvalue weighted by Gasteiger charge is -2.09. The molecule has 2 heterocycles. The largest absolute Gasteiger partial charge is 0.381 e. The molecule has 0 saturated carbocycles. The summed E-state index contributed by atoms with van der Waals surface area (Å²) in [5, 5.41) is 7.98. The van der Waals surface area contributed by atoms with Crippen LogP contribution in [-0.4, -0.2) is 20.0 Å². The van der Waals surface area contributed by atoms with Gasteiger partial charge in [-0.2, -0.15) is 0 Å². The van der Waals surface area contributed by atoms with Crippen LogP contribution in [0.2, 0.25) is 0 Å². The van der Waals surface area contributed by atoms with E-state index in [4.69, 9.17) is 5.73 Å². The summed E-state index contributed by atoms with van der Waals surface area (Å²) >= 11 is 3.40. The first-order valence-electron chi connectivity index (χ1n) is 5.36. The highest BCUT2D eigenvalue weighted by Gasteiger charge is 2.13. The third-order valence-electron chi connectivity index (χ3n) is 2.44. The summed E-state index contributed by atoms with van der Waals surface area (Å²) in [5.74, 6) is 0.799. The molecule has 0 aromatic carbocycles. The summed E-state index contributed by atoms with van der Waals surface area (Å²) < 4.78 is 2.78. The first-order valence-corrected chi connectivity index (χ1v) is 6.15. The minimum atomic E-state index is 0.296. The smallest absolute Gasteiger partial charge is 0.169 e. The Balaban J connectivity index is 2.30. The zero-order valence-corrected chi connectivity index (χ0v) is 11.3. The van der Waals surface area contributed by atoms with Crippen LogP contribution < -0.4 is 5.73 Å². The molecule has 0 radical (unpaired) electrons. The molecule has 2 aromatic rings.